The Morgan fingerprint density at radius 2 is 1.81 bits per heavy atom. The first-order chi connectivity index (χ1) is 25.0. The molecule has 1 saturated heterocycles. The summed E-state index contributed by atoms with van der Waals surface area (Å²) in [5.74, 6) is -2.54. The zero-order chi connectivity index (χ0) is 37.6. The van der Waals surface area contributed by atoms with E-state index >= 15 is 0 Å². The number of H-pyrrole nitrogens is 1. The SMILES string of the molecule is CCNC(=O)CCCC=CCC1C(O)CC(O)C1C=CC(CCc1ccccc1)OC(=O)CC(=O)OC[C@@H]1O[C@H](n2ccc(=O)[nH]c2=O)C(O)C1O. The summed E-state index contributed by atoms with van der Waals surface area (Å²) in [7, 11) is 0. The number of hydrogen-bond acceptors (Lipinski definition) is 12. The molecule has 2 aromatic rings. The third-order valence-corrected chi connectivity index (χ3v) is 9.19. The van der Waals surface area contributed by atoms with Gasteiger partial charge in [-0.05, 0) is 56.6 Å². The van der Waals surface area contributed by atoms with Crippen molar-refractivity contribution in [2.24, 2.45) is 11.8 Å². The molecule has 4 rings (SSSR count). The third kappa shape index (κ3) is 11.8. The van der Waals surface area contributed by atoms with Crippen LogP contribution in [0.25, 0.3) is 0 Å². The summed E-state index contributed by atoms with van der Waals surface area (Å²) >= 11 is 0. The molecule has 2 heterocycles. The monoisotopic (exact) mass is 727 g/mol. The van der Waals surface area contributed by atoms with Crippen LogP contribution in [0.1, 0.15) is 63.7 Å². The molecule has 1 aromatic carbocycles. The lowest BCUT2D eigenvalue weighted by molar-refractivity contribution is -0.159. The molecule has 9 atom stereocenters. The first kappa shape index (κ1) is 40.4. The quantitative estimate of drug-likeness (QED) is 0.0543. The Balaban J connectivity index is 1.33. The van der Waals surface area contributed by atoms with Crippen LogP contribution in [0.15, 0.2) is 76.5 Å². The third-order valence-electron chi connectivity index (χ3n) is 9.19. The molecule has 15 heteroatoms. The average molecular weight is 728 g/mol. The van der Waals surface area contributed by atoms with Crippen molar-refractivity contribution in [2.45, 2.75) is 101 Å². The van der Waals surface area contributed by atoms with Gasteiger partial charge in [-0.25, -0.2) is 4.79 Å². The van der Waals surface area contributed by atoms with Crippen LogP contribution >= 0.6 is 0 Å². The van der Waals surface area contributed by atoms with Gasteiger partial charge in [-0.2, -0.15) is 0 Å². The van der Waals surface area contributed by atoms with Crippen molar-refractivity contribution in [2.75, 3.05) is 13.2 Å². The molecule has 15 nitrogen and oxygen atoms in total. The van der Waals surface area contributed by atoms with Crippen molar-refractivity contribution >= 4 is 17.8 Å². The second kappa shape index (κ2) is 20.0. The summed E-state index contributed by atoms with van der Waals surface area (Å²) < 4.78 is 17.2. The molecular weight excluding hydrogens is 678 g/mol. The van der Waals surface area contributed by atoms with Gasteiger partial charge in [-0.15, -0.1) is 0 Å². The molecule has 284 valence electrons. The molecule has 0 radical (unpaired) electrons. The zero-order valence-corrected chi connectivity index (χ0v) is 29.1. The van der Waals surface area contributed by atoms with Gasteiger partial charge >= 0.3 is 17.6 Å². The maximum atomic E-state index is 12.9. The van der Waals surface area contributed by atoms with Gasteiger partial charge in [0.15, 0.2) is 6.23 Å². The predicted octanol–water partition coefficient (Wildman–Crippen LogP) is 0.801. The van der Waals surface area contributed by atoms with Gasteiger partial charge in [-0.1, -0.05) is 48.6 Å². The molecule has 2 aliphatic rings. The van der Waals surface area contributed by atoms with Crippen LogP contribution in [-0.2, 0) is 35.0 Å². The van der Waals surface area contributed by atoms with Gasteiger partial charge < -0.3 is 40.0 Å². The van der Waals surface area contributed by atoms with Crippen molar-refractivity contribution in [3.63, 3.8) is 0 Å². The minimum absolute atomic E-state index is 0.00683. The van der Waals surface area contributed by atoms with E-state index in [9.17, 15) is 44.4 Å². The fourth-order valence-electron chi connectivity index (χ4n) is 6.42. The van der Waals surface area contributed by atoms with E-state index in [2.05, 4.69) is 5.32 Å². The first-order valence-electron chi connectivity index (χ1n) is 17.6. The number of nitrogens with zero attached hydrogens (tertiary/aromatic N) is 1. The lowest BCUT2D eigenvalue weighted by Crippen LogP contribution is -2.37. The Bertz CT molecular complexity index is 1640. The van der Waals surface area contributed by atoms with Crippen LogP contribution in [0, 0.1) is 11.8 Å². The predicted molar refractivity (Wildman–Crippen MR) is 187 cm³/mol. The van der Waals surface area contributed by atoms with Gasteiger partial charge in [0.05, 0.1) is 12.2 Å². The largest absolute Gasteiger partial charge is 0.462 e. The molecule has 1 saturated carbocycles. The lowest BCUT2D eigenvalue weighted by atomic mass is 9.89. The molecule has 1 aliphatic heterocycles. The van der Waals surface area contributed by atoms with Crippen LogP contribution in [-0.4, -0.2) is 97.6 Å². The fourth-order valence-corrected chi connectivity index (χ4v) is 6.42. The number of nitrogens with one attached hydrogen (secondary N) is 2. The number of aryl methyl sites for hydroxylation is 1. The Morgan fingerprint density at radius 3 is 2.54 bits per heavy atom. The molecule has 52 heavy (non-hydrogen) atoms. The number of aliphatic hydroxyl groups excluding tert-OH is 4. The van der Waals surface area contributed by atoms with Crippen LogP contribution < -0.4 is 16.6 Å². The molecule has 0 bridgehead atoms. The number of unbranched alkanes of at least 4 members (excludes halogenated alkanes) is 1. The van der Waals surface area contributed by atoms with Crippen LogP contribution in [0.4, 0.5) is 0 Å². The van der Waals surface area contributed by atoms with Crippen molar-refractivity contribution < 1.29 is 49.0 Å². The first-order valence-corrected chi connectivity index (χ1v) is 17.6. The van der Waals surface area contributed by atoms with Gasteiger partial charge in [0.2, 0.25) is 5.91 Å². The number of ether oxygens (including phenoxy) is 3. The molecular formula is C37H49N3O12. The summed E-state index contributed by atoms with van der Waals surface area (Å²) in [6.07, 6.45) is 3.11. The van der Waals surface area contributed by atoms with Crippen molar-refractivity contribution in [3.05, 3.63) is 93.3 Å². The zero-order valence-electron chi connectivity index (χ0n) is 29.1. The topological polar surface area (TPSA) is 227 Å². The second-order valence-corrected chi connectivity index (χ2v) is 13.0. The minimum atomic E-state index is -1.57. The van der Waals surface area contributed by atoms with E-state index in [1.165, 1.54) is 0 Å². The van der Waals surface area contributed by atoms with Gasteiger partial charge in [0.25, 0.3) is 5.56 Å². The van der Waals surface area contributed by atoms with E-state index in [0.29, 0.717) is 45.1 Å². The maximum Gasteiger partial charge on any atom is 0.330 e. The number of amides is 1. The molecule has 1 aliphatic carbocycles. The number of benzene rings is 1. The number of carbonyl (C=O) groups is 3. The number of aromatic amines is 1. The molecule has 1 amide bonds. The van der Waals surface area contributed by atoms with Crippen LogP contribution in [0.2, 0.25) is 0 Å². The number of hydrogen-bond donors (Lipinski definition) is 6. The standard InChI is InChI=1S/C37H49N3O12/c1-2-38-30(43)13-9-4-3-8-12-25-26(28(42)20-27(25)41)17-16-24(15-14-23-10-6-5-7-11-23)51-33(46)21-32(45)50-22-29-34(47)35(48)36(52-29)40-19-18-31(44)39-37(40)49/h3,5-8,10-11,16-19,24-29,34-36,41-42,47-48H,2,4,9,12-15,20-22H2,1H3,(H,38,43)(H,39,44,49)/t24?,25?,26?,27?,28?,29-,34?,35?,36-/m0/s1. The summed E-state index contributed by atoms with van der Waals surface area (Å²) in [4.78, 5) is 62.7. The molecule has 6 N–H and O–H groups in total. The summed E-state index contributed by atoms with van der Waals surface area (Å²) in [5.41, 5.74) is -0.524. The van der Waals surface area contributed by atoms with E-state index < -0.39 is 85.0 Å². The number of allylic oxidation sites excluding steroid dienone is 2. The highest BCUT2D eigenvalue weighted by atomic mass is 16.6. The summed E-state index contributed by atoms with van der Waals surface area (Å²) in [6.45, 7) is 1.92. The number of aliphatic hydroxyl groups is 4. The van der Waals surface area contributed by atoms with Crippen LogP contribution in [0.5, 0.6) is 0 Å². The highest BCUT2D eigenvalue weighted by Crippen LogP contribution is 2.36. The van der Waals surface area contributed by atoms with E-state index in [0.717, 1.165) is 22.4 Å². The molecule has 1 aromatic heterocycles. The Labute approximate surface area is 300 Å². The van der Waals surface area contributed by atoms with Gasteiger partial charge in [0, 0.05) is 37.6 Å². The smallest absolute Gasteiger partial charge is 0.330 e. The van der Waals surface area contributed by atoms with Gasteiger partial charge in [-0.3, -0.25) is 28.7 Å². The number of esters is 2. The summed E-state index contributed by atoms with van der Waals surface area (Å²) in [5, 5.41) is 45.1. The second-order valence-electron chi connectivity index (χ2n) is 13.0. The number of rotatable bonds is 18. The maximum absolute atomic E-state index is 12.9. The average Bonchev–Trinajstić information content (AvgIpc) is 3.54. The highest BCUT2D eigenvalue weighted by molar-refractivity contribution is 5.91. The fraction of sp³-hybridized carbons (Fsp3) is 0.541. The normalized spacial score (nSPS) is 26.5. The highest BCUT2D eigenvalue weighted by Gasteiger charge is 2.45. The van der Waals surface area contributed by atoms with Crippen LogP contribution in [0.3, 0.4) is 0 Å². The van der Waals surface area contributed by atoms with Gasteiger partial charge in [0.1, 0.15) is 37.4 Å². The van der Waals surface area contributed by atoms with Crippen molar-refractivity contribution in [1.82, 2.24) is 14.9 Å². The minimum Gasteiger partial charge on any atom is -0.462 e. The molecule has 0 spiro atoms. The van der Waals surface area contributed by atoms with E-state index in [4.69, 9.17) is 14.2 Å². The van der Waals surface area contributed by atoms with E-state index in [1.54, 1.807) is 12.2 Å². The lowest BCUT2D eigenvalue weighted by Gasteiger charge is -2.21. The van der Waals surface area contributed by atoms with E-state index in [1.807, 2.05) is 54.4 Å². The Morgan fingerprint density at radius 1 is 1.04 bits per heavy atom. The molecule has 7 unspecified atom stereocenters. The Kier molecular flexibility index (Phi) is 15.5. The Hall–Kier alpha value is -4.41. The van der Waals surface area contributed by atoms with E-state index in [-0.39, 0.29) is 18.2 Å². The summed E-state index contributed by atoms with van der Waals surface area (Å²) in [6, 6.07) is 10.6. The number of carbonyl (C=O) groups excluding carboxylic acids is 3. The molecule has 2 fully saturated rings. The number of aromatic nitrogens is 2. The van der Waals surface area contributed by atoms with Crippen molar-refractivity contribution in [1.29, 1.82) is 0 Å². The van der Waals surface area contributed by atoms with Crippen molar-refractivity contribution in [3.8, 4) is 0 Å².